The van der Waals surface area contributed by atoms with Crippen LogP contribution in [-0.2, 0) is 4.79 Å². The van der Waals surface area contributed by atoms with E-state index in [1.165, 1.54) is 6.92 Å². The average Bonchev–Trinajstić information content (AvgIpc) is 1.59. The maximum atomic E-state index is 10.3. The molecule has 0 atom stereocenters. The van der Waals surface area contributed by atoms with Gasteiger partial charge in [0.05, 0.1) is 0 Å². The van der Waals surface area contributed by atoms with Gasteiger partial charge >= 0.3 is 8.88 Å². The van der Waals surface area contributed by atoms with Crippen molar-refractivity contribution in [2.75, 3.05) is 6.54 Å². The zero-order valence-electron chi connectivity index (χ0n) is 6.01. The van der Waals surface area contributed by atoms with Crippen LogP contribution in [0.1, 0.15) is 13.8 Å². The van der Waals surface area contributed by atoms with Crippen LogP contribution in [0.2, 0.25) is 0 Å². The molecule has 0 fully saturated rings. The van der Waals surface area contributed by atoms with Crippen LogP contribution in [0, 0.1) is 0 Å². The fraction of sp³-hybridized carbons (Fsp3) is 0.750. The molecule has 0 aliphatic heterocycles. The highest BCUT2D eigenvalue weighted by Crippen LogP contribution is 1.78. The van der Waals surface area contributed by atoms with Gasteiger partial charge in [-0.3, -0.25) is 9.78 Å². The molecule has 0 aliphatic carbocycles. The number of hydrogen-bond donors (Lipinski definition) is 4. The number of carbonyl (C=O) groups excluding carboxylic acids is 1. The lowest BCUT2D eigenvalue weighted by Gasteiger charge is -2.16. The Morgan fingerprint density at radius 3 is 2.40 bits per heavy atom. The molecule has 0 aromatic carbocycles. The summed E-state index contributed by atoms with van der Waals surface area (Å²) in [5.41, 5.74) is 0. The van der Waals surface area contributed by atoms with Gasteiger partial charge in [-0.2, -0.15) is 0 Å². The highest BCUT2D eigenvalue weighted by atomic mass is 28.4. The van der Waals surface area contributed by atoms with Gasteiger partial charge in [-0.15, -0.1) is 0 Å². The Morgan fingerprint density at radius 1 is 1.60 bits per heavy atom. The molecule has 6 heteroatoms. The first kappa shape index (κ1) is 9.57. The van der Waals surface area contributed by atoms with E-state index in [1.807, 2.05) is 4.98 Å². The Hall–Kier alpha value is -0.433. The first-order valence-electron chi connectivity index (χ1n) is 2.96. The van der Waals surface area contributed by atoms with Crippen molar-refractivity contribution >= 4 is 14.8 Å². The summed E-state index contributed by atoms with van der Waals surface area (Å²) in [6.07, 6.45) is 0. The Bertz CT molecular complexity index is 128. The second-order valence-corrected chi connectivity index (χ2v) is 3.83. The van der Waals surface area contributed by atoms with Crippen LogP contribution in [0.4, 0.5) is 0 Å². The predicted octanol–water partition coefficient (Wildman–Crippen LogP) is -1.85. The van der Waals surface area contributed by atoms with Crippen LogP contribution in [0.25, 0.3) is 0 Å². The van der Waals surface area contributed by atoms with E-state index in [1.54, 1.807) is 6.92 Å². The lowest BCUT2D eigenvalue weighted by Crippen LogP contribution is -2.64. The summed E-state index contributed by atoms with van der Waals surface area (Å²) in [5, 5.41) is 0. The van der Waals surface area contributed by atoms with Crippen molar-refractivity contribution in [3.05, 3.63) is 0 Å². The molecule has 0 radical (unpaired) electrons. The third-order valence-electron chi connectivity index (χ3n) is 0.774. The molecular formula is C4H12N2O3Si. The first-order valence-corrected chi connectivity index (χ1v) is 4.86. The third-order valence-corrected chi connectivity index (χ3v) is 2.32. The molecular weight excluding hydrogens is 152 g/mol. The lowest BCUT2D eigenvalue weighted by atomic mass is 10.8. The zero-order chi connectivity index (χ0) is 8.20. The molecule has 0 heterocycles. The topological polar surface area (TPSA) is 81.6 Å². The maximum Gasteiger partial charge on any atom is 0.546 e. The van der Waals surface area contributed by atoms with E-state index in [9.17, 15) is 4.79 Å². The highest BCUT2D eigenvalue weighted by molar-refractivity contribution is 6.61. The number of carbonyl (C=O) groups is 1. The molecule has 4 N–H and O–H groups in total. The summed E-state index contributed by atoms with van der Waals surface area (Å²) in [6.45, 7) is 3.36. The largest absolute Gasteiger partial charge is 0.546 e. The quantitative estimate of drug-likeness (QED) is 0.369. The summed E-state index contributed by atoms with van der Waals surface area (Å²) in [4.78, 5) is 32.6. The molecule has 1 amide bonds. The monoisotopic (exact) mass is 164 g/mol. The van der Waals surface area contributed by atoms with Crippen molar-refractivity contribution in [2.45, 2.75) is 13.8 Å². The highest BCUT2D eigenvalue weighted by Gasteiger charge is 2.30. The van der Waals surface area contributed by atoms with Crippen LogP contribution in [0.3, 0.4) is 0 Å². The summed E-state index contributed by atoms with van der Waals surface area (Å²) < 4.78 is 0. The molecule has 5 nitrogen and oxygen atoms in total. The van der Waals surface area contributed by atoms with Gasteiger partial charge in [-0.05, 0) is 6.54 Å². The fourth-order valence-electron chi connectivity index (χ4n) is 0.536. The average molecular weight is 164 g/mol. The van der Waals surface area contributed by atoms with Crippen molar-refractivity contribution in [1.82, 2.24) is 9.96 Å². The Labute approximate surface area is 60.5 Å². The molecule has 0 rings (SSSR count). The van der Waals surface area contributed by atoms with Crippen LogP contribution < -0.4 is 9.96 Å². The van der Waals surface area contributed by atoms with E-state index >= 15 is 0 Å². The molecule has 0 spiro atoms. The minimum absolute atomic E-state index is 0.416. The van der Waals surface area contributed by atoms with Crippen molar-refractivity contribution in [2.24, 2.45) is 0 Å². The van der Waals surface area contributed by atoms with Gasteiger partial charge in [-0.1, -0.05) is 6.92 Å². The van der Waals surface area contributed by atoms with Crippen LogP contribution in [0.15, 0.2) is 0 Å². The van der Waals surface area contributed by atoms with E-state index in [0.717, 1.165) is 0 Å². The summed E-state index contributed by atoms with van der Waals surface area (Å²) >= 11 is 0. The van der Waals surface area contributed by atoms with E-state index in [2.05, 4.69) is 4.98 Å². The van der Waals surface area contributed by atoms with E-state index in [4.69, 9.17) is 9.59 Å². The minimum Gasteiger partial charge on any atom is -0.383 e. The van der Waals surface area contributed by atoms with Gasteiger partial charge in [0.1, 0.15) is 0 Å². The standard InChI is InChI=1S/C4H12N2O3Si/c1-3-5-10(8,9)6-4(2)7/h5,8-9H,3H2,1-2H3,(H,6,7). The van der Waals surface area contributed by atoms with Gasteiger partial charge < -0.3 is 14.6 Å². The summed E-state index contributed by atoms with van der Waals surface area (Å²) in [6, 6.07) is 0. The van der Waals surface area contributed by atoms with Gasteiger partial charge in [0.15, 0.2) is 0 Å². The Morgan fingerprint density at radius 2 is 2.10 bits per heavy atom. The first-order chi connectivity index (χ1) is 4.48. The van der Waals surface area contributed by atoms with Crippen LogP contribution >= 0.6 is 0 Å². The third kappa shape index (κ3) is 4.45. The molecule has 60 valence electrons. The van der Waals surface area contributed by atoms with Crippen LogP contribution in [-0.4, -0.2) is 30.9 Å². The summed E-state index contributed by atoms with van der Waals surface area (Å²) in [5.74, 6) is -0.447. The Kier molecular flexibility index (Phi) is 3.51. The molecule has 0 aromatic heterocycles. The predicted molar refractivity (Wildman–Crippen MR) is 37.7 cm³/mol. The molecule has 0 bridgehead atoms. The number of hydrogen-bond acceptors (Lipinski definition) is 4. The number of nitrogens with one attached hydrogen (secondary N) is 2. The zero-order valence-corrected chi connectivity index (χ0v) is 7.01. The van der Waals surface area contributed by atoms with E-state index in [0.29, 0.717) is 6.54 Å². The molecule has 0 unspecified atom stereocenters. The summed E-state index contributed by atoms with van der Waals surface area (Å²) in [7, 11) is -3.62. The normalized spacial score (nSPS) is 11.2. The molecule has 0 aromatic rings. The lowest BCUT2D eigenvalue weighted by molar-refractivity contribution is -0.118. The minimum atomic E-state index is -3.62. The van der Waals surface area contributed by atoms with E-state index in [-0.39, 0.29) is 0 Å². The molecule has 0 saturated carbocycles. The smallest absolute Gasteiger partial charge is 0.383 e. The second-order valence-electron chi connectivity index (χ2n) is 1.88. The van der Waals surface area contributed by atoms with Crippen molar-refractivity contribution in [3.8, 4) is 0 Å². The molecule has 0 saturated heterocycles. The second kappa shape index (κ2) is 3.67. The van der Waals surface area contributed by atoms with Gasteiger partial charge in [0.25, 0.3) is 0 Å². The van der Waals surface area contributed by atoms with E-state index < -0.39 is 14.8 Å². The Balaban J connectivity index is 3.74. The van der Waals surface area contributed by atoms with Gasteiger partial charge in [0, 0.05) is 6.92 Å². The van der Waals surface area contributed by atoms with Gasteiger partial charge in [0.2, 0.25) is 5.91 Å². The van der Waals surface area contributed by atoms with Gasteiger partial charge in [-0.25, -0.2) is 0 Å². The number of amides is 1. The van der Waals surface area contributed by atoms with Crippen LogP contribution in [0.5, 0.6) is 0 Å². The number of rotatable bonds is 3. The molecule has 10 heavy (non-hydrogen) atoms. The fourth-order valence-corrected chi connectivity index (χ4v) is 1.61. The maximum absolute atomic E-state index is 10.3. The van der Waals surface area contributed by atoms with Crippen molar-refractivity contribution in [1.29, 1.82) is 0 Å². The van der Waals surface area contributed by atoms with Crippen molar-refractivity contribution < 1.29 is 14.4 Å². The SMILES string of the molecule is CCN[Si](O)(O)NC(C)=O. The molecule has 0 aliphatic rings. The van der Waals surface area contributed by atoms with Crippen molar-refractivity contribution in [3.63, 3.8) is 0 Å².